The first-order chi connectivity index (χ1) is 11.8. The summed E-state index contributed by atoms with van der Waals surface area (Å²) in [6.45, 7) is 7.27. The molecule has 0 fully saturated rings. The summed E-state index contributed by atoms with van der Waals surface area (Å²) >= 11 is 5.17. The monoisotopic (exact) mass is 364 g/mol. The van der Waals surface area contributed by atoms with Crippen LogP contribution in [0, 0.1) is 5.92 Å². The van der Waals surface area contributed by atoms with Crippen LogP contribution in [0.4, 0.5) is 5.69 Å². The van der Waals surface area contributed by atoms with E-state index in [1.54, 1.807) is 0 Å². The predicted molar refractivity (Wildman–Crippen MR) is 105 cm³/mol. The third-order valence-corrected chi connectivity index (χ3v) is 3.84. The van der Waals surface area contributed by atoms with Gasteiger partial charge in [0.1, 0.15) is 6.04 Å². The molecule has 0 aliphatic carbocycles. The minimum Gasteiger partial charge on any atom is -0.344 e. The highest BCUT2D eigenvalue weighted by molar-refractivity contribution is 7.80. The lowest BCUT2D eigenvalue weighted by molar-refractivity contribution is -0.129. The summed E-state index contributed by atoms with van der Waals surface area (Å²) < 4.78 is 0. The first-order valence-corrected chi connectivity index (χ1v) is 8.97. The summed E-state index contributed by atoms with van der Waals surface area (Å²) in [6.07, 6.45) is 3.41. The number of hydrogen-bond acceptors (Lipinski definition) is 3. The fourth-order valence-corrected chi connectivity index (χ4v) is 2.42. The van der Waals surface area contributed by atoms with E-state index < -0.39 is 6.04 Å². The van der Waals surface area contributed by atoms with Gasteiger partial charge >= 0.3 is 0 Å². The normalized spacial score (nSPS) is 11.6. The highest BCUT2D eigenvalue weighted by Gasteiger charge is 2.22. The summed E-state index contributed by atoms with van der Waals surface area (Å²) in [6, 6.07) is 7.41. The maximum Gasteiger partial charge on any atom is 0.261 e. The van der Waals surface area contributed by atoms with E-state index in [1.807, 2.05) is 26.0 Å². The van der Waals surface area contributed by atoms with E-state index in [1.165, 1.54) is 25.3 Å². The lowest BCUT2D eigenvalue weighted by atomic mass is 10.0. The number of anilines is 1. The van der Waals surface area contributed by atoms with Crippen molar-refractivity contribution < 1.29 is 9.59 Å². The number of rotatable bonds is 7. The molecule has 1 atom stereocenters. The van der Waals surface area contributed by atoms with Crippen molar-refractivity contribution in [3.63, 3.8) is 0 Å². The van der Waals surface area contributed by atoms with Crippen molar-refractivity contribution in [2.75, 3.05) is 5.32 Å². The molecule has 0 saturated heterocycles. The van der Waals surface area contributed by atoms with E-state index in [0.29, 0.717) is 0 Å². The quantitative estimate of drug-likeness (QED) is 0.441. The van der Waals surface area contributed by atoms with Crippen molar-refractivity contribution >= 4 is 34.8 Å². The van der Waals surface area contributed by atoms with Gasteiger partial charge in [-0.25, -0.2) is 0 Å². The van der Waals surface area contributed by atoms with E-state index in [-0.39, 0.29) is 22.8 Å². The number of nitrogens with one attached hydrogen (secondary N) is 4. The molecule has 0 aliphatic heterocycles. The molecule has 0 spiro atoms. The smallest absolute Gasteiger partial charge is 0.261 e. The van der Waals surface area contributed by atoms with Gasteiger partial charge < -0.3 is 10.6 Å². The molecule has 0 aliphatic rings. The summed E-state index contributed by atoms with van der Waals surface area (Å²) in [5, 5.41) is 5.91. The van der Waals surface area contributed by atoms with Crippen LogP contribution < -0.4 is 21.5 Å². The number of hydrazine groups is 1. The Morgan fingerprint density at radius 2 is 1.76 bits per heavy atom. The lowest BCUT2D eigenvalue weighted by Gasteiger charge is -2.21. The van der Waals surface area contributed by atoms with Gasteiger partial charge in [0.2, 0.25) is 5.91 Å². The highest BCUT2D eigenvalue weighted by atomic mass is 32.1. The molecule has 1 aromatic carbocycles. The Bertz CT molecular complexity index is 587. The fourth-order valence-electron chi connectivity index (χ4n) is 2.25. The second kappa shape index (κ2) is 10.7. The van der Waals surface area contributed by atoms with Gasteiger partial charge in [-0.05, 0) is 48.7 Å². The molecule has 0 bridgehead atoms. The van der Waals surface area contributed by atoms with E-state index in [9.17, 15) is 9.59 Å². The average Bonchev–Trinajstić information content (AvgIpc) is 2.56. The Balaban J connectivity index is 2.48. The van der Waals surface area contributed by atoms with Crippen molar-refractivity contribution in [3.8, 4) is 0 Å². The Morgan fingerprint density at radius 1 is 1.12 bits per heavy atom. The molecule has 7 heteroatoms. The van der Waals surface area contributed by atoms with Crippen LogP contribution in [0.15, 0.2) is 24.3 Å². The summed E-state index contributed by atoms with van der Waals surface area (Å²) in [5.74, 6) is -0.634. The summed E-state index contributed by atoms with van der Waals surface area (Å²) in [4.78, 5) is 23.3. The van der Waals surface area contributed by atoms with Crippen molar-refractivity contribution in [1.29, 1.82) is 0 Å². The van der Waals surface area contributed by atoms with Gasteiger partial charge in [-0.1, -0.05) is 39.3 Å². The zero-order valence-electron chi connectivity index (χ0n) is 15.3. The van der Waals surface area contributed by atoms with E-state index in [2.05, 4.69) is 40.5 Å². The Kier molecular flexibility index (Phi) is 8.91. The minimum absolute atomic E-state index is 0.0390. The lowest BCUT2D eigenvalue weighted by Crippen LogP contribution is -2.54. The molecule has 0 unspecified atom stereocenters. The molecule has 25 heavy (non-hydrogen) atoms. The van der Waals surface area contributed by atoms with Gasteiger partial charge in [-0.2, -0.15) is 0 Å². The number of hydrogen-bond donors (Lipinski definition) is 4. The second-order valence-electron chi connectivity index (χ2n) is 6.29. The molecule has 1 rings (SSSR count). The van der Waals surface area contributed by atoms with Crippen LogP contribution >= 0.6 is 12.2 Å². The third kappa shape index (κ3) is 7.98. The minimum atomic E-state index is -0.620. The largest absolute Gasteiger partial charge is 0.344 e. The van der Waals surface area contributed by atoms with E-state index in [4.69, 9.17) is 12.2 Å². The van der Waals surface area contributed by atoms with Crippen LogP contribution in [0.1, 0.15) is 46.1 Å². The van der Waals surface area contributed by atoms with Crippen LogP contribution in [0.25, 0.3) is 0 Å². The average molecular weight is 365 g/mol. The SMILES string of the molecule is CCCCc1ccc(NC(=S)NNC(=O)[C@@H](NC(C)=O)C(C)C)cc1. The molecule has 0 aromatic heterocycles. The zero-order valence-corrected chi connectivity index (χ0v) is 16.1. The first kappa shape index (κ1) is 20.9. The molecule has 138 valence electrons. The van der Waals surface area contributed by atoms with E-state index >= 15 is 0 Å². The Labute approximate surface area is 155 Å². The molecule has 0 heterocycles. The Morgan fingerprint density at radius 3 is 2.28 bits per heavy atom. The van der Waals surface area contributed by atoms with Crippen LogP contribution in [-0.4, -0.2) is 23.0 Å². The molecule has 6 nitrogen and oxygen atoms in total. The number of carbonyl (C=O) groups is 2. The van der Waals surface area contributed by atoms with Crippen molar-refractivity contribution in [1.82, 2.24) is 16.2 Å². The molecule has 0 radical (unpaired) electrons. The van der Waals surface area contributed by atoms with Gasteiger partial charge in [0.05, 0.1) is 0 Å². The molecule has 2 amide bonds. The Hall–Kier alpha value is -2.15. The topological polar surface area (TPSA) is 82.3 Å². The maximum absolute atomic E-state index is 12.1. The predicted octanol–water partition coefficient (Wildman–Crippen LogP) is 2.51. The summed E-state index contributed by atoms with van der Waals surface area (Å²) in [5.41, 5.74) is 7.31. The zero-order chi connectivity index (χ0) is 18.8. The molecule has 1 aromatic rings. The summed E-state index contributed by atoms with van der Waals surface area (Å²) in [7, 11) is 0. The third-order valence-electron chi connectivity index (χ3n) is 3.64. The molecular formula is C18H28N4O2S. The van der Waals surface area contributed by atoms with Gasteiger partial charge in [0.15, 0.2) is 5.11 Å². The van der Waals surface area contributed by atoms with Gasteiger partial charge in [0.25, 0.3) is 5.91 Å². The number of benzene rings is 1. The van der Waals surface area contributed by atoms with Crippen LogP contribution in [0.3, 0.4) is 0 Å². The van der Waals surface area contributed by atoms with Crippen molar-refractivity contribution in [3.05, 3.63) is 29.8 Å². The number of thiocarbonyl (C=S) groups is 1. The van der Waals surface area contributed by atoms with Crippen molar-refractivity contribution in [2.24, 2.45) is 5.92 Å². The van der Waals surface area contributed by atoms with Crippen LogP contribution in [-0.2, 0) is 16.0 Å². The van der Waals surface area contributed by atoms with Gasteiger partial charge in [-0.15, -0.1) is 0 Å². The van der Waals surface area contributed by atoms with Crippen LogP contribution in [0.5, 0.6) is 0 Å². The number of unbranched alkanes of at least 4 members (excludes halogenated alkanes) is 1. The van der Waals surface area contributed by atoms with E-state index in [0.717, 1.165) is 12.1 Å². The number of amides is 2. The van der Waals surface area contributed by atoms with Gasteiger partial charge in [-0.3, -0.25) is 20.4 Å². The maximum atomic E-state index is 12.1. The molecule has 4 N–H and O–H groups in total. The first-order valence-electron chi connectivity index (χ1n) is 8.56. The molecular weight excluding hydrogens is 336 g/mol. The fraction of sp³-hybridized carbons (Fsp3) is 0.500. The standard InChI is InChI=1S/C18H28N4O2S/c1-5-6-7-14-8-10-15(11-9-14)20-18(25)22-21-17(24)16(12(2)3)19-13(4)23/h8-12,16H,5-7H2,1-4H3,(H,19,23)(H,21,24)(H2,20,22,25)/t16-/m0/s1. The van der Waals surface area contributed by atoms with Crippen molar-refractivity contribution in [2.45, 2.75) is 53.0 Å². The second-order valence-corrected chi connectivity index (χ2v) is 6.70. The van der Waals surface area contributed by atoms with Gasteiger partial charge in [0, 0.05) is 12.6 Å². The molecule has 0 saturated carbocycles. The number of aryl methyl sites for hydroxylation is 1. The highest BCUT2D eigenvalue weighted by Crippen LogP contribution is 2.11. The van der Waals surface area contributed by atoms with Crippen LogP contribution in [0.2, 0.25) is 0 Å². The number of carbonyl (C=O) groups excluding carboxylic acids is 2.